The highest BCUT2D eigenvalue weighted by molar-refractivity contribution is 5.79. The summed E-state index contributed by atoms with van der Waals surface area (Å²) in [6, 6.07) is 22.7. The van der Waals surface area contributed by atoms with E-state index in [1.54, 1.807) is 0 Å². The summed E-state index contributed by atoms with van der Waals surface area (Å²) in [6.07, 6.45) is 3.47. The molecule has 0 spiro atoms. The van der Waals surface area contributed by atoms with E-state index >= 15 is 0 Å². The molecule has 6 nitrogen and oxygen atoms in total. The second-order valence-corrected chi connectivity index (χ2v) is 10.1. The first-order valence-electron chi connectivity index (χ1n) is 13.1. The third kappa shape index (κ3) is 3.96. The number of hydrogen-bond donors (Lipinski definition) is 0. The quantitative estimate of drug-likeness (QED) is 0.470. The maximum Gasteiger partial charge on any atom is 0.410 e. The van der Waals surface area contributed by atoms with Gasteiger partial charge in [0.1, 0.15) is 6.61 Å². The zero-order valence-corrected chi connectivity index (χ0v) is 20.6. The predicted octanol–water partition coefficient (Wildman–Crippen LogP) is 5.65. The van der Waals surface area contributed by atoms with E-state index in [1.807, 2.05) is 11.0 Å². The summed E-state index contributed by atoms with van der Waals surface area (Å²) in [4.78, 5) is 15.3. The van der Waals surface area contributed by atoms with Gasteiger partial charge in [0.05, 0.1) is 38.5 Å². The fraction of sp³-hybridized carbons (Fsp3) is 0.323. The first-order chi connectivity index (χ1) is 18.3. The van der Waals surface area contributed by atoms with Crippen LogP contribution in [0.15, 0.2) is 72.8 Å². The lowest BCUT2D eigenvalue weighted by molar-refractivity contribution is -0.0331. The van der Waals surface area contributed by atoms with Crippen LogP contribution in [0.1, 0.15) is 35.4 Å². The summed E-state index contributed by atoms with van der Waals surface area (Å²) < 4.78 is 23.5. The van der Waals surface area contributed by atoms with E-state index in [9.17, 15) is 4.79 Å². The number of hydrogen-bond acceptors (Lipinski definition) is 5. The van der Waals surface area contributed by atoms with Crippen LogP contribution in [-0.2, 0) is 9.47 Å². The molecule has 0 saturated carbocycles. The second-order valence-electron chi connectivity index (χ2n) is 10.1. The van der Waals surface area contributed by atoms with Gasteiger partial charge in [-0.1, -0.05) is 60.7 Å². The molecular formula is C31H29NO5. The normalized spacial score (nSPS) is 21.9. The van der Waals surface area contributed by atoms with Gasteiger partial charge >= 0.3 is 6.09 Å². The molecule has 1 aliphatic carbocycles. The molecule has 0 radical (unpaired) electrons. The molecule has 2 atom stereocenters. The van der Waals surface area contributed by atoms with Gasteiger partial charge in [-0.3, -0.25) is 4.90 Å². The molecular weight excluding hydrogens is 466 g/mol. The summed E-state index contributed by atoms with van der Waals surface area (Å²) >= 11 is 0. The van der Waals surface area contributed by atoms with Crippen molar-refractivity contribution in [1.82, 2.24) is 4.90 Å². The molecule has 2 unspecified atom stereocenters. The molecule has 1 fully saturated rings. The number of carbonyl (C=O) groups is 1. The molecule has 2 bridgehead atoms. The van der Waals surface area contributed by atoms with Gasteiger partial charge in [0.2, 0.25) is 0 Å². The van der Waals surface area contributed by atoms with E-state index in [0.717, 1.165) is 23.5 Å². The van der Waals surface area contributed by atoms with Crippen molar-refractivity contribution in [3.63, 3.8) is 0 Å². The number of amides is 1. The average molecular weight is 496 g/mol. The van der Waals surface area contributed by atoms with Crippen molar-refractivity contribution >= 4 is 11.7 Å². The Morgan fingerprint density at radius 2 is 1.62 bits per heavy atom. The van der Waals surface area contributed by atoms with Gasteiger partial charge in [-0.15, -0.1) is 0 Å². The van der Waals surface area contributed by atoms with Gasteiger partial charge in [-0.05, 0) is 51.9 Å². The number of morpholine rings is 1. The van der Waals surface area contributed by atoms with Crippen molar-refractivity contribution in [2.45, 2.75) is 30.8 Å². The molecule has 0 N–H and O–H groups in total. The van der Waals surface area contributed by atoms with Crippen LogP contribution >= 0.6 is 0 Å². The standard InChI is InChI=1S/C31H29NO5/c33-31(37-19-28-26-8-3-1-6-24(26)25-7-2-4-9-27(25)28)32-22-14-21(15-23(32)18-34-17-22)20-10-11-29-30(16-20)36-13-5-12-35-29/h1-4,6-11,14,16,22-23,28H,5,12-13,15,17-19H2. The van der Waals surface area contributed by atoms with Crippen LogP contribution in [-0.4, -0.2) is 56.1 Å². The van der Waals surface area contributed by atoms with Crippen molar-refractivity contribution in [1.29, 1.82) is 0 Å². The Morgan fingerprint density at radius 3 is 2.38 bits per heavy atom. The Labute approximate surface area is 216 Å². The average Bonchev–Trinajstić information content (AvgIpc) is 3.06. The van der Waals surface area contributed by atoms with E-state index in [4.69, 9.17) is 18.9 Å². The van der Waals surface area contributed by atoms with Gasteiger partial charge in [-0.2, -0.15) is 0 Å². The SMILES string of the molecule is O=C(OCC1c2ccccc2-c2ccccc21)N1C2C=C(c3ccc4c(c3)OCCCO4)CC1COC2. The van der Waals surface area contributed by atoms with Crippen molar-refractivity contribution in [3.05, 3.63) is 89.5 Å². The Hall–Kier alpha value is -3.77. The molecule has 4 aliphatic rings. The zero-order chi connectivity index (χ0) is 24.8. The Bertz CT molecular complexity index is 1340. The summed E-state index contributed by atoms with van der Waals surface area (Å²) in [5.74, 6) is 1.63. The van der Waals surface area contributed by atoms with E-state index in [2.05, 4.69) is 66.7 Å². The molecule has 3 aromatic rings. The molecule has 3 aromatic carbocycles. The molecule has 7 rings (SSSR count). The number of nitrogens with zero attached hydrogens (tertiary/aromatic N) is 1. The Kier molecular flexibility index (Phi) is 5.62. The second kappa shape index (κ2) is 9.27. The monoisotopic (exact) mass is 495 g/mol. The molecule has 0 aromatic heterocycles. The van der Waals surface area contributed by atoms with E-state index in [0.29, 0.717) is 39.5 Å². The number of rotatable bonds is 3. The van der Waals surface area contributed by atoms with Gasteiger partial charge < -0.3 is 18.9 Å². The lowest BCUT2D eigenvalue weighted by atomic mass is 9.90. The minimum atomic E-state index is -0.269. The minimum absolute atomic E-state index is 0.0464. The summed E-state index contributed by atoms with van der Waals surface area (Å²) in [7, 11) is 0. The van der Waals surface area contributed by atoms with Crippen LogP contribution in [0.2, 0.25) is 0 Å². The number of fused-ring (bicyclic) bond motifs is 6. The predicted molar refractivity (Wildman–Crippen MR) is 140 cm³/mol. The van der Waals surface area contributed by atoms with Gasteiger partial charge in [0, 0.05) is 12.3 Å². The number of benzene rings is 3. The van der Waals surface area contributed by atoms with E-state index < -0.39 is 0 Å². The van der Waals surface area contributed by atoms with Crippen LogP contribution in [0.5, 0.6) is 11.5 Å². The van der Waals surface area contributed by atoms with E-state index in [-0.39, 0.29) is 24.1 Å². The molecule has 1 amide bonds. The molecule has 37 heavy (non-hydrogen) atoms. The topological polar surface area (TPSA) is 57.2 Å². The summed E-state index contributed by atoms with van der Waals surface area (Å²) in [5.41, 5.74) is 7.20. The lowest BCUT2D eigenvalue weighted by Gasteiger charge is -2.44. The van der Waals surface area contributed by atoms with E-state index in [1.165, 1.54) is 27.8 Å². The highest BCUT2D eigenvalue weighted by Crippen LogP contribution is 2.45. The number of ether oxygens (including phenoxy) is 4. The van der Waals surface area contributed by atoms with Gasteiger partial charge in [0.15, 0.2) is 11.5 Å². The first-order valence-corrected chi connectivity index (χ1v) is 13.1. The highest BCUT2D eigenvalue weighted by Gasteiger charge is 2.40. The summed E-state index contributed by atoms with van der Waals surface area (Å²) in [5, 5.41) is 0. The fourth-order valence-corrected chi connectivity index (χ4v) is 6.13. The highest BCUT2D eigenvalue weighted by atomic mass is 16.6. The molecule has 6 heteroatoms. The van der Waals surface area contributed by atoms with Crippen LogP contribution in [0.3, 0.4) is 0 Å². The first kappa shape index (κ1) is 22.4. The van der Waals surface area contributed by atoms with Crippen molar-refractivity contribution in [2.75, 3.05) is 33.0 Å². The minimum Gasteiger partial charge on any atom is -0.490 e. The maximum atomic E-state index is 13.4. The molecule has 3 heterocycles. The fourth-order valence-electron chi connectivity index (χ4n) is 6.13. The zero-order valence-electron chi connectivity index (χ0n) is 20.6. The van der Waals surface area contributed by atoms with Crippen LogP contribution in [0.25, 0.3) is 16.7 Å². The van der Waals surface area contributed by atoms with Crippen LogP contribution < -0.4 is 9.47 Å². The van der Waals surface area contributed by atoms with Crippen molar-refractivity contribution in [2.24, 2.45) is 0 Å². The number of carbonyl (C=O) groups excluding carboxylic acids is 1. The third-order valence-corrected chi connectivity index (χ3v) is 7.86. The van der Waals surface area contributed by atoms with Crippen LogP contribution in [0, 0.1) is 0 Å². The molecule has 1 saturated heterocycles. The van der Waals surface area contributed by atoms with Crippen molar-refractivity contribution in [3.8, 4) is 22.6 Å². The lowest BCUT2D eigenvalue weighted by Crippen LogP contribution is -2.56. The van der Waals surface area contributed by atoms with Gasteiger partial charge in [-0.25, -0.2) is 4.79 Å². The third-order valence-electron chi connectivity index (χ3n) is 7.86. The summed E-state index contributed by atoms with van der Waals surface area (Å²) in [6.45, 7) is 2.62. The van der Waals surface area contributed by atoms with Crippen LogP contribution in [0.4, 0.5) is 4.79 Å². The molecule has 188 valence electrons. The van der Waals surface area contributed by atoms with Crippen molar-refractivity contribution < 1.29 is 23.7 Å². The Balaban J connectivity index is 1.10. The smallest absolute Gasteiger partial charge is 0.410 e. The van der Waals surface area contributed by atoms with Gasteiger partial charge in [0.25, 0.3) is 0 Å². The Morgan fingerprint density at radius 1 is 0.892 bits per heavy atom. The molecule has 3 aliphatic heterocycles. The maximum absolute atomic E-state index is 13.4. The largest absolute Gasteiger partial charge is 0.490 e.